The smallest absolute Gasteiger partial charge is 0.0152 e. The van der Waals surface area contributed by atoms with Crippen molar-refractivity contribution in [3.05, 3.63) is 60.2 Å². The van der Waals surface area contributed by atoms with Gasteiger partial charge in [0.05, 0.1) is 0 Å². The Morgan fingerprint density at radius 2 is 1.19 bits per heavy atom. The first-order valence-electron chi connectivity index (χ1n) is 11.5. The van der Waals surface area contributed by atoms with Crippen LogP contribution < -0.4 is 0 Å². The number of unbranched alkanes of at least 4 members (excludes halogenated alkanes) is 11. The van der Waals surface area contributed by atoms with Crippen LogP contribution in [0.25, 0.3) is 10.8 Å². The number of benzene rings is 2. The molecule has 0 saturated heterocycles. The second-order valence-electron chi connectivity index (χ2n) is 7.97. The zero-order valence-corrected chi connectivity index (χ0v) is 17.6. The second kappa shape index (κ2) is 14.5. The first kappa shape index (κ1) is 21.7. The van der Waals surface area contributed by atoms with Crippen LogP contribution in [0.1, 0.15) is 96.0 Å². The number of hydrogen-bond donors (Lipinski definition) is 0. The molecule has 2 rings (SSSR count). The van der Waals surface area contributed by atoms with Gasteiger partial charge in [-0.05, 0) is 54.9 Å². The van der Waals surface area contributed by atoms with Crippen LogP contribution in [-0.2, 0) is 6.42 Å². The van der Waals surface area contributed by atoms with E-state index in [2.05, 4.69) is 61.5 Å². The molecule has 148 valence electrons. The van der Waals surface area contributed by atoms with E-state index < -0.39 is 0 Å². The van der Waals surface area contributed by atoms with Crippen LogP contribution in [-0.4, -0.2) is 0 Å². The van der Waals surface area contributed by atoms with E-state index in [4.69, 9.17) is 0 Å². The minimum Gasteiger partial charge on any atom is -0.0885 e. The van der Waals surface area contributed by atoms with Gasteiger partial charge >= 0.3 is 0 Å². The van der Waals surface area contributed by atoms with Crippen molar-refractivity contribution < 1.29 is 0 Å². The molecular formula is C27H40. The van der Waals surface area contributed by atoms with Crippen molar-refractivity contribution in [2.24, 2.45) is 0 Å². The fourth-order valence-electron chi connectivity index (χ4n) is 3.90. The lowest BCUT2D eigenvalue weighted by molar-refractivity contribution is 0.569. The average molecular weight is 365 g/mol. The highest BCUT2D eigenvalue weighted by Gasteiger charge is 2.00. The van der Waals surface area contributed by atoms with E-state index in [1.165, 1.54) is 106 Å². The van der Waals surface area contributed by atoms with Crippen LogP contribution in [0.3, 0.4) is 0 Å². The van der Waals surface area contributed by atoms with Gasteiger partial charge < -0.3 is 0 Å². The van der Waals surface area contributed by atoms with Gasteiger partial charge in [0, 0.05) is 0 Å². The molecule has 2 aromatic rings. The third-order valence-corrected chi connectivity index (χ3v) is 5.59. The molecule has 27 heavy (non-hydrogen) atoms. The molecule has 0 nitrogen and oxygen atoms in total. The maximum atomic E-state index is 2.41. The third-order valence-electron chi connectivity index (χ3n) is 5.59. The Bertz CT molecular complexity index is 632. The van der Waals surface area contributed by atoms with Crippen LogP contribution in [0.2, 0.25) is 0 Å². The van der Waals surface area contributed by atoms with Crippen LogP contribution in [0.4, 0.5) is 0 Å². The van der Waals surface area contributed by atoms with Gasteiger partial charge in [0.2, 0.25) is 0 Å². The molecule has 0 heteroatoms. The topological polar surface area (TPSA) is 0 Å². The molecule has 0 amide bonds. The molecule has 0 bridgehead atoms. The highest BCUT2D eigenvalue weighted by molar-refractivity contribution is 5.85. The maximum absolute atomic E-state index is 2.41. The van der Waals surface area contributed by atoms with Crippen molar-refractivity contribution in [3.8, 4) is 0 Å². The summed E-state index contributed by atoms with van der Waals surface area (Å²) in [5, 5.41) is 2.82. The highest BCUT2D eigenvalue weighted by Crippen LogP contribution is 2.20. The van der Waals surface area contributed by atoms with Gasteiger partial charge in [0.15, 0.2) is 0 Å². The molecule has 0 unspecified atom stereocenters. The van der Waals surface area contributed by atoms with Crippen molar-refractivity contribution in [1.29, 1.82) is 0 Å². The summed E-state index contributed by atoms with van der Waals surface area (Å²) in [6, 6.07) is 15.5. The van der Waals surface area contributed by atoms with Crippen molar-refractivity contribution in [3.63, 3.8) is 0 Å². The molecule has 0 aliphatic carbocycles. The molecule has 0 fully saturated rings. The Kier molecular flexibility index (Phi) is 11.7. The Balaban J connectivity index is 1.43. The summed E-state index contributed by atoms with van der Waals surface area (Å²) >= 11 is 0. The van der Waals surface area contributed by atoms with Crippen LogP contribution in [0.5, 0.6) is 0 Å². The van der Waals surface area contributed by atoms with Crippen LogP contribution in [0, 0.1) is 0 Å². The van der Waals surface area contributed by atoms with E-state index in [0.717, 1.165) is 0 Å². The number of allylic oxidation sites excluding steroid dienone is 2. The maximum Gasteiger partial charge on any atom is -0.0152 e. The zero-order valence-electron chi connectivity index (χ0n) is 17.6. The number of hydrogen-bond acceptors (Lipinski definition) is 0. The fraction of sp³-hybridized carbons (Fsp3) is 0.556. The summed E-state index contributed by atoms with van der Waals surface area (Å²) < 4.78 is 0. The quantitative estimate of drug-likeness (QED) is 0.218. The van der Waals surface area contributed by atoms with Crippen molar-refractivity contribution in [2.75, 3.05) is 0 Å². The summed E-state index contributed by atoms with van der Waals surface area (Å²) in [5.41, 5.74) is 1.52. The summed E-state index contributed by atoms with van der Waals surface area (Å²) in [4.78, 5) is 0. The van der Waals surface area contributed by atoms with E-state index in [1.807, 2.05) is 0 Å². The molecular weight excluding hydrogens is 324 g/mol. The van der Waals surface area contributed by atoms with E-state index >= 15 is 0 Å². The lowest BCUT2D eigenvalue weighted by Crippen LogP contribution is -1.88. The first-order chi connectivity index (χ1) is 13.4. The van der Waals surface area contributed by atoms with Gasteiger partial charge in [-0.1, -0.05) is 113 Å². The summed E-state index contributed by atoms with van der Waals surface area (Å²) in [6.45, 7) is 2.27. The summed E-state index contributed by atoms with van der Waals surface area (Å²) in [7, 11) is 0. The molecule has 0 spiro atoms. The Morgan fingerprint density at radius 3 is 1.93 bits per heavy atom. The molecule has 0 aromatic heterocycles. The van der Waals surface area contributed by atoms with E-state index in [1.54, 1.807) is 0 Å². The largest absolute Gasteiger partial charge is 0.0885 e. The Hall–Kier alpha value is -1.56. The first-order valence-corrected chi connectivity index (χ1v) is 11.5. The summed E-state index contributed by atoms with van der Waals surface area (Å²) in [6.07, 6.45) is 23.9. The minimum atomic E-state index is 1.23. The second-order valence-corrected chi connectivity index (χ2v) is 7.97. The van der Waals surface area contributed by atoms with Gasteiger partial charge in [-0.2, -0.15) is 0 Å². The molecule has 0 aliphatic rings. The zero-order chi connectivity index (χ0) is 19.0. The van der Waals surface area contributed by atoms with Gasteiger partial charge in [-0.15, -0.1) is 0 Å². The van der Waals surface area contributed by atoms with E-state index in [9.17, 15) is 0 Å². The molecule has 0 heterocycles. The Labute approximate surface area is 168 Å². The monoisotopic (exact) mass is 364 g/mol. The Morgan fingerprint density at radius 1 is 0.593 bits per heavy atom. The van der Waals surface area contributed by atoms with Crippen molar-refractivity contribution in [1.82, 2.24) is 0 Å². The third kappa shape index (κ3) is 9.27. The normalized spacial score (nSPS) is 11.6. The molecule has 0 aliphatic heterocycles. The van der Waals surface area contributed by atoms with Crippen LogP contribution in [0.15, 0.2) is 54.6 Å². The lowest BCUT2D eigenvalue weighted by atomic mass is 9.99. The van der Waals surface area contributed by atoms with Crippen LogP contribution >= 0.6 is 0 Å². The molecule has 0 atom stereocenters. The van der Waals surface area contributed by atoms with Crippen molar-refractivity contribution >= 4 is 10.8 Å². The molecule has 0 radical (unpaired) electrons. The number of rotatable bonds is 15. The van der Waals surface area contributed by atoms with Gasteiger partial charge in [-0.3, -0.25) is 0 Å². The van der Waals surface area contributed by atoms with E-state index in [0.29, 0.717) is 0 Å². The lowest BCUT2D eigenvalue weighted by Gasteiger charge is -2.06. The van der Waals surface area contributed by atoms with E-state index in [-0.39, 0.29) is 0 Å². The molecule has 2 aromatic carbocycles. The SMILES string of the molecule is CCCCC/C=C/CCCCCCCCCCc1cccc2ccccc12. The average Bonchev–Trinajstić information content (AvgIpc) is 2.71. The predicted octanol–water partition coefficient (Wildman–Crippen LogP) is 9.03. The predicted molar refractivity (Wildman–Crippen MR) is 122 cm³/mol. The van der Waals surface area contributed by atoms with Gasteiger partial charge in [0.1, 0.15) is 0 Å². The standard InChI is InChI=1S/C27H40/c1-2-3-4-5-6-7-8-9-10-11-12-13-14-15-16-20-25-22-19-23-26-21-17-18-24-27(25)26/h6-7,17-19,21-24H,2-5,8-16,20H2,1H3/b7-6+. The number of aryl methyl sites for hydroxylation is 1. The molecule has 0 N–H and O–H groups in total. The highest BCUT2D eigenvalue weighted by atomic mass is 14.0. The molecule has 0 saturated carbocycles. The van der Waals surface area contributed by atoms with Gasteiger partial charge in [-0.25, -0.2) is 0 Å². The minimum absolute atomic E-state index is 1.23. The van der Waals surface area contributed by atoms with Crippen molar-refractivity contribution in [2.45, 2.75) is 96.8 Å². The fourth-order valence-corrected chi connectivity index (χ4v) is 3.90. The number of fused-ring (bicyclic) bond motifs is 1. The van der Waals surface area contributed by atoms with Gasteiger partial charge in [0.25, 0.3) is 0 Å². The summed E-state index contributed by atoms with van der Waals surface area (Å²) in [5.74, 6) is 0.